The lowest BCUT2D eigenvalue weighted by Crippen LogP contribution is -1.95. The number of rotatable bonds is 2. The molecule has 0 saturated heterocycles. The molecule has 0 saturated carbocycles. The van der Waals surface area contributed by atoms with E-state index in [4.69, 9.17) is 17.3 Å². The van der Waals surface area contributed by atoms with Crippen molar-refractivity contribution in [1.82, 2.24) is 0 Å². The minimum Gasteiger partial charge on any atom is -0.397 e. The number of para-hydroxylation sites is 1. The number of nitrogen functional groups attached to an aromatic ring is 1. The van der Waals surface area contributed by atoms with Crippen LogP contribution in [0.15, 0.2) is 42.5 Å². The Morgan fingerprint density at radius 1 is 1.20 bits per heavy atom. The van der Waals surface area contributed by atoms with Crippen LogP contribution in [0.5, 0.6) is 0 Å². The van der Waals surface area contributed by atoms with Gasteiger partial charge in [-0.05, 0) is 24.3 Å². The van der Waals surface area contributed by atoms with Crippen LogP contribution in [0, 0.1) is 6.07 Å². The lowest BCUT2D eigenvalue weighted by Gasteiger charge is -2.08. The first kappa shape index (κ1) is 9.87. The molecule has 2 aromatic carbocycles. The Bertz CT molecular complexity index is 454. The summed E-state index contributed by atoms with van der Waals surface area (Å²) in [5.74, 6) is 0. The molecule has 1 radical (unpaired) electrons. The molecule has 3 N–H and O–H groups in total. The average Bonchev–Trinajstić information content (AvgIpc) is 2.25. The van der Waals surface area contributed by atoms with Gasteiger partial charge in [0, 0.05) is 16.8 Å². The van der Waals surface area contributed by atoms with Crippen molar-refractivity contribution in [3.63, 3.8) is 0 Å². The van der Waals surface area contributed by atoms with Crippen molar-refractivity contribution < 1.29 is 0 Å². The van der Waals surface area contributed by atoms with Gasteiger partial charge in [-0.1, -0.05) is 29.8 Å². The third-order valence-corrected chi connectivity index (χ3v) is 2.23. The fraction of sp³-hybridized carbons (Fsp3) is 0. The lowest BCUT2D eigenvalue weighted by atomic mass is 10.2. The van der Waals surface area contributed by atoms with Gasteiger partial charge >= 0.3 is 0 Å². The standard InChI is InChI=1S/C12H10ClN2/c13-9-6-7-11(14)12(8-9)15-10-4-2-1-3-5-10/h1-4,6-8,15H,14H2. The molecule has 2 aromatic rings. The smallest absolute Gasteiger partial charge is 0.0633 e. The van der Waals surface area contributed by atoms with Gasteiger partial charge in [-0.15, -0.1) is 0 Å². The molecule has 0 aromatic heterocycles. The Hall–Kier alpha value is -1.67. The van der Waals surface area contributed by atoms with Crippen molar-refractivity contribution in [3.05, 3.63) is 53.6 Å². The molecule has 0 aliphatic carbocycles. The highest BCUT2D eigenvalue weighted by atomic mass is 35.5. The highest BCUT2D eigenvalue weighted by Crippen LogP contribution is 2.25. The minimum absolute atomic E-state index is 0.655. The van der Waals surface area contributed by atoms with Crippen LogP contribution in [0.4, 0.5) is 17.1 Å². The molecule has 3 heteroatoms. The van der Waals surface area contributed by atoms with Crippen LogP contribution in [0.25, 0.3) is 0 Å². The maximum atomic E-state index is 5.88. The summed E-state index contributed by atoms with van der Waals surface area (Å²) in [5, 5.41) is 3.80. The molecule has 0 atom stereocenters. The minimum atomic E-state index is 0.655. The van der Waals surface area contributed by atoms with E-state index in [1.54, 1.807) is 18.2 Å². The monoisotopic (exact) mass is 217 g/mol. The molecule has 0 spiro atoms. The molecule has 75 valence electrons. The van der Waals surface area contributed by atoms with Crippen LogP contribution < -0.4 is 11.1 Å². The molecule has 0 bridgehead atoms. The zero-order valence-electron chi connectivity index (χ0n) is 8.00. The second-order valence-corrected chi connectivity index (χ2v) is 3.57. The second kappa shape index (κ2) is 4.24. The first-order valence-electron chi connectivity index (χ1n) is 4.54. The van der Waals surface area contributed by atoms with Crippen LogP contribution >= 0.6 is 11.6 Å². The molecule has 0 aliphatic rings. The van der Waals surface area contributed by atoms with E-state index in [0.29, 0.717) is 10.7 Å². The van der Waals surface area contributed by atoms with E-state index in [9.17, 15) is 0 Å². The molecule has 2 rings (SSSR count). The van der Waals surface area contributed by atoms with Crippen LogP contribution in [0.2, 0.25) is 5.02 Å². The summed E-state index contributed by atoms with van der Waals surface area (Å²) < 4.78 is 0. The summed E-state index contributed by atoms with van der Waals surface area (Å²) in [6, 6.07) is 16.0. The Morgan fingerprint density at radius 2 is 2.07 bits per heavy atom. The third kappa shape index (κ3) is 2.42. The van der Waals surface area contributed by atoms with Gasteiger partial charge in [0.05, 0.1) is 11.4 Å². The van der Waals surface area contributed by atoms with Crippen molar-refractivity contribution in [2.75, 3.05) is 11.1 Å². The van der Waals surface area contributed by atoms with Crippen LogP contribution in [0.3, 0.4) is 0 Å². The second-order valence-electron chi connectivity index (χ2n) is 3.13. The normalized spacial score (nSPS) is 9.93. The maximum absolute atomic E-state index is 5.88. The number of hydrogen-bond donors (Lipinski definition) is 2. The summed E-state index contributed by atoms with van der Waals surface area (Å²) in [7, 11) is 0. The van der Waals surface area contributed by atoms with E-state index in [0.717, 1.165) is 11.4 Å². The van der Waals surface area contributed by atoms with E-state index in [1.165, 1.54) is 0 Å². The summed E-state index contributed by atoms with van der Waals surface area (Å²) in [6.07, 6.45) is 0. The Balaban J connectivity index is 2.28. The fourth-order valence-electron chi connectivity index (χ4n) is 1.25. The van der Waals surface area contributed by atoms with E-state index in [1.807, 2.05) is 24.3 Å². The van der Waals surface area contributed by atoms with Crippen LogP contribution in [0.1, 0.15) is 0 Å². The number of nitrogens with one attached hydrogen (secondary N) is 1. The maximum Gasteiger partial charge on any atom is 0.0633 e. The molecule has 0 heterocycles. The number of anilines is 3. The fourth-order valence-corrected chi connectivity index (χ4v) is 1.43. The van der Waals surface area contributed by atoms with Gasteiger partial charge in [-0.2, -0.15) is 0 Å². The molecule has 0 aliphatic heterocycles. The van der Waals surface area contributed by atoms with E-state index < -0.39 is 0 Å². The largest absolute Gasteiger partial charge is 0.397 e. The van der Waals surface area contributed by atoms with Crippen molar-refractivity contribution >= 4 is 28.7 Å². The highest BCUT2D eigenvalue weighted by molar-refractivity contribution is 6.31. The summed E-state index contributed by atoms with van der Waals surface area (Å²) >= 11 is 5.88. The van der Waals surface area contributed by atoms with Gasteiger partial charge < -0.3 is 11.1 Å². The van der Waals surface area contributed by atoms with E-state index in [-0.39, 0.29) is 0 Å². The zero-order chi connectivity index (χ0) is 10.7. The highest BCUT2D eigenvalue weighted by Gasteiger charge is 2.00. The number of benzene rings is 2. The first-order valence-corrected chi connectivity index (χ1v) is 4.92. The van der Waals surface area contributed by atoms with Crippen molar-refractivity contribution in [2.45, 2.75) is 0 Å². The third-order valence-electron chi connectivity index (χ3n) is 1.99. The molecular formula is C12H10ClN2. The first-order chi connectivity index (χ1) is 7.25. The predicted molar refractivity (Wildman–Crippen MR) is 64.4 cm³/mol. The Kier molecular flexibility index (Phi) is 2.79. The molecular weight excluding hydrogens is 208 g/mol. The molecule has 15 heavy (non-hydrogen) atoms. The Labute approximate surface area is 93.7 Å². The van der Waals surface area contributed by atoms with Gasteiger partial charge in [0.2, 0.25) is 0 Å². The van der Waals surface area contributed by atoms with Crippen molar-refractivity contribution in [2.24, 2.45) is 0 Å². The summed E-state index contributed by atoms with van der Waals surface area (Å²) in [4.78, 5) is 0. The van der Waals surface area contributed by atoms with Crippen LogP contribution in [-0.2, 0) is 0 Å². The SMILES string of the molecule is Nc1ccc(Cl)cc1Nc1[c]cccc1. The topological polar surface area (TPSA) is 38.0 Å². The number of hydrogen-bond acceptors (Lipinski definition) is 2. The van der Waals surface area contributed by atoms with E-state index >= 15 is 0 Å². The summed E-state index contributed by atoms with van der Waals surface area (Å²) in [6.45, 7) is 0. The van der Waals surface area contributed by atoms with Gasteiger partial charge in [0.25, 0.3) is 0 Å². The lowest BCUT2D eigenvalue weighted by molar-refractivity contribution is 1.54. The van der Waals surface area contributed by atoms with Crippen molar-refractivity contribution in [1.29, 1.82) is 0 Å². The van der Waals surface area contributed by atoms with Gasteiger partial charge in [-0.3, -0.25) is 0 Å². The molecule has 0 amide bonds. The number of halogens is 1. The van der Waals surface area contributed by atoms with E-state index in [2.05, 4.69) is 11.4 Å². The van der Waals surface area contributed by atoms with Gasteiger partial charge in [0.15, 0.2) is 0 Å². The van der Waals surface area contributed by atoms with Gasteiger partial charge in [-0.25, -0.2) is 0 Å². The summed E-state index contributed by atoms with van der Waals surface area (Å²) in [5.41, 5.74) is 8.13. The van der Waals surface area contributed by atoms with Gasteiger partial charge in [0.1, 0.15) is 0 Å². The molecule has 2 nitrogen and oxygen atoms in total. The predicted octanol–water partition coefficient (Wildman–Crippen LogP) is 3.47. The number of nitrogens with two attached hydrogens (primary N) is 1. The van der Waals surface area contributed by atoms with Crippen molar-refractivity contribution in [3.8, 4) is 0 Å². The zero-order valence-corrected chi connectivity index (χ0v) is 8.75. The molecule has 0 unspecified atom stereocenters. The molecule has 0 fully saturated rings. The Morgan fingerprint density at radius 3 is 2.80 bits per heavy atom. The quantitative estimate of drug-likeness (QED) is 0.756. The van der Waals surface area contributed by atoms with Crippen LogP contribution in [-0.4, -0.2) is 0 Å². The average molecular weight is 218 g/mol.